The van der Waals surface area contributed by atoms with Crippen LogP contribution in [0, 0.1) is 19.8 Å². The van der Waals surface area contributed by atoms with Gasteiger partial charge in [-0.2, -0.15) is 0 Å². The number of piperidine rings is 1. The molecule has 2 aromatic carbocycles. The van der Waals surface area contributed by atoms with Gasteiger partial charge in [-0.15, -0.1) is 0 Å². The van der Waals surface area contributed by atoms with Gasteiger partial charge in [-0.1, -0.05) is 34.1 Å². The third-order valence-electron chi connectivity index (χ3n) is 5.14. The normalized spacial score (nSPS) is 15.4. The van der Waals surface area contributed by atoms with E-state index >= 15 is 0 Å². The van der Waals surface area contributed by atoms with Gasteiger partial charge in [0.1, 0.15) is 12.4 Å². The van der Waals surface area contributed by atoms with Crippen LogP contribution in [-0.4, -0.2) is 37.0 Å². The van der Waals surface area contributed by atoms with Crippen molar-refractivity contribution in [3.8, 4) is 5.75 Å². The summed E-state index contributed by atoms with van der Waals surface area (Å²) in [6.45, 7) is 8.04. The second-order valence-electron chi connectivity index (χ2n) is 7.64. The molecule has 1 heterocycles. The zero-order chi connectivity index (χ0) is 19.9. The van der Waals surface area contributed by atoms with E-state index in [2.05, 4.69) is 70.3 Å². The average molecular weight is 445 g/mol. The van der Waals surface area contributed by atoms with E-state index in [9.17, 15) is 4.79 Å². The Morgan fingerprint density at radius 1 is 1.11 bits per heavy atom. The standard InChI is InChI=1S/C23H29BrN2O2/c1-17-13-18(2)15-22(14-17)28-12-9-25-23(27)20-7-10-26(11-8-20)16-19-3-5-21(24)6-4-19/h3-6,13-15,20H,7-12,16H2,1-2H3,(H,25,27). The van der Waals surface area contributed by atoms with Gasteiger partial charge < -0.3 is 10.1 Å². The van der Waals surface area contributed by atoms with Crippen LogP contribution < -0.4 is 10.1 Å². The van der Waals surface area contributed by atoms with Gasteiger partial charge in [-0.25, -0.2) is 0 Å². The van der Waals surface area contributed by atoms with E-state index in [1.807, 2.05) is 12.1 Å². The first kappa shape index (κ1) is 20.9. The van der Waals surface area contributed by atoms with Crippen molar-refractivity contribution >= 4 is 21.8 Å². The number of benzene rings is 2. The summed E-state index contributed by atoms with van der Waals surface area (Å²) < 4.78 is 6.88. The van der Waals surface area contributed by atoms with E-state index < -0.39 is 0 Å². The van der Waals surface area contributed by atoms with Crippen molar-refractivity contribution in [1.29, 1.82) is 0 Å². The van der Waals surface area contributed by atoms with Crippen LogP contribution in [0.2, 0.25) is 0 Å². The molecule has 1 saturated heterocycles. The zero-order valence-corrected chi connectivity index (χ0v) is 18.3. The van der Waals surface area contributed by atoms with Crippen molar-refractivity contribution < 1.29 is 9.53 Å². The summed E-state index contributed by atoms with van der Waals surface area (Å²) in [6.07, 6.45) is 1.83. The summed E-state index contributed by atoms with van der Waals surface area (Å²) in [5, 5.41) is 3.03. The minimum atomic E-state index is 0.113. The Labute approximate surface area is 176 Å². The number of hydrogen-bond acceptors (Lipinski definition) is 3. The molecule has 1 fully saturated rings. The molecule has 1 aliphatic rings. The fraction of sp³-hybridized carbons (Fsp3) is 0.435. The number of ether oxygens (including phenoxy) is 1. The first-order chi connectivity index (χ1) is 13.5. The molecule has 3 rings (SSSR count). The molecule has 4 nitrogen and oxygen atoms in total. The van der Waals surface area contributed by atoms with Crippen molar-refractivity contribution in [3.05, 3.63) is 63.6 Å². The molecule has 5 heteroatoms. The molecule has 28 heavy (non-hydrogen) atoms. The van der Waals surface area contributed by atoms with Gasteiger partial charge in [-0.3, -0.25) is 9.69 Å². The van der Waals surface area contributed by atoms with Crippen molar-refractivity contribution in [1.82, 2.24) is 10.2 Å². The van der Waals surface area contributed by atoms with Crippen LogP contribution in [0.1, 0.15) is 29.5 Å². The van der Waals surface area contributed by atoms with E-state index in [0.29, 0.717) is 13.2 Å². The highest BCUT2D eigenvalue weighted by Crippen LogP contribution is 2.20. The quantitative estimate of drug-likeness (QED) is 0.640. The Morgan fingerprint density at radius 3 is 2.39 bits per heavy atom. The molecule has 1 N–H and O–H groups in total. The van der Waals surface area contributed by atoms with E-state index in [1.54, 1.807) is 0 Å². The van der Waals surface area contributed by atoms with Gasteiger partial charge in [0.2, 0.25) is 5.91 Å². The Kier molecular flexibility index (Phi) is 7.51. The lowest BCUT2D eigenvalue weighted by Gasteiger charge is -2.31. The summed E-state index contributed by atoms with van der Waals surface area (Å²) in [5.41, 5.74) is 3.69. The second-order valence-corrected chi connectivity index (χ2v) is 8.56. The maximum atomic E-state index is 12.4. The molecule has 0 bridgehead atoms. The van der Waals surface area contributed by atoms with Crippen molar-refractivity contribution in [2.24, 2.45) is 5.92 Å². The van der Waals surface area contributed by atoms with Gasteiger partial charge >= 0.3 is 0 Å². The summed E-state index contributed by atoms with van der Waals surface area (Å²) in [6, 6.07) is 14.6. The van der Waals surface area contributed by atoms with Crippen LogP contribution in [0.4, 0.5) is 0 Å². The van der Waals surface area contributed by atoms with Crippen LogP contribution in [0.25, 0.3) is 0 Å². The molecular formula is C23H29BrN2O2. The summed E-state index contributed by atoms with van der Waals surface area (Å²) in [7, 11) is 0. The van der Waals surface area contributed by atoms with Crippen molar-refractivity contribution in [3.63, 3.8) is 0 Å². The number of rotatable bonds is 7. The molecule has 0 radical (unpaired) electrons. The summed E-state index contributed by atoms with van der Waals surface area (Å²) in [4.78, 5) is 14.9. The summed E-state index contributed by atoms with van der Waals surface area (Å²) >= 11 is 3.47. The minimum Gasteiger partial charge on any atom is -0.492 e. The number of carbonyl (C=O) groups is 1. The lowest BCUT2D eigenvalue weighted by Crippen LogP contribution is -2.41. The minimum absolute atomic E-state index is 0.113. The zero-order valence-electron chi connectivity index (χ0n) is 16.7. The van der Waals surface area contributed by atoms with Crippen molar-refractivity contribution in [2.45, 2.75) is 33.2 Å². The maximum Gasteiger partial charge on any atom is 0.223 e. The third-order valence-corrected chi connectivity index (χ3v) is 5.67. The topological polar surface area (TPSA) is 41.6 Å². The number of carbonyl (C=O) groups excluding carboxylic acids is 1. The van der Waals surface area contributed by atoms with Crippen molar-refractivity contribution in [2.75, 3.05) is 26.2 Å². The first-order valence-corrected chi connectivity index (χ1v) is 10.7. The maximum absolute atomic E-state index is 12.4. The molecule has 2 aromatic rings. The molecule has 1 amide bonds. The first-order valence-electron chi connectivity index (χ1n) is 9.95. The highest BCUT2D eigenvalue weighted by Gasteiger charge is 2.24. The Hall–Kier alpha value is -1.85. The van der Waals surface area contributed by atoms with E-state index in [0.717, 1.165) is 42.7 Å². The van der Waals surface area contributed by atoms with Crippen LogP contribution in [0.3, 0.4) is 0 Å². The lowest BCUT2D eigenvalue weighted by atomic mass is 9.95. The molecule has 0 aliphatic carbocycles. The monoisotopic (exact) mass is 444 g/mol. The second kappa shape index (κ2) is 10.1. The smallest absolute Gasteiger partial charge is 0.223 e. The molecular weight excluding hydrogens is 416 g/mol. The SMILES string of the molecule is Cc1cc(C)cc(OCCNC(=O)C2CCN(Cc3ccc(Br)cc3)CC2)c1. The van der Waals surface area contributed by atoms with Gasteiger partial charge in [0.15, 0.2) is 0 Å². The Bertz CT molecular complexity index is 763. The lowest BCUT2D eigenvalue weighted by molar-refractivity contribution is -0.126. The third kappa shape index (κ3) is 6.35. The van der Waals surface area contributed by atoms with Gasteiger partial charge in [0.25, 0.3) is 0 Å². The number of nitrogens with one attached hydrogen (secondary N) is 1. The van der Waals surface area contributed by atoms with E-state index in [1.165, 1.54) is 16.7 Å². The number of halogens is 1. The predicted octanol–water partition coefficient (Wildman–Crippen LogP) is 4.47. The largest absolute Gasteiger partial charge is 0.492 e. The van der Waals surface area contributed by atoms with Gasteiger partial charge in [-0.05, 0) is 80.7 Å². The van der Waals surface area contributed by atoms with Gasteiger partial charge in [0, 0.05) is 16.9 Å². The molecule has 0 saturated carbocycles. The molecule has 0 aromatic heterocycles. The van der Waals surface area contributed by atoms with Crippen LogP contribution in [0.15, 0.2) is 46.9 Å². The number of hydrogen-bond donors (Lipinski definition) is 1. The Morgan fingerprint density at radius 2 is 1.75 bits per heavy atom. The number of likely N-dealkylation sites (tertiary alicyclic amines) is 1. The predicted molar refractivity (Wildman–Crippen MR) is 117 cm³/mol. The van der Waals surface area contributed by atoms with E-state index in [-0.39, 0.29) is 11.8 Å². The molecule has 0 atom stereocenters. The van der Waals surface area contributed by atoms with Crippen LogP contribution in [-0.2, 0) is 11.3 Å². The highest BCUT2D eigenvalue weighted by atomic mass is 79.9. The number of aryl methyl sites for hydroxylation is 2. The molecule has 0 spiro atoms. The Balaban J connectivity index is 1.35. The molecule has 150 valence electrons. The fourth-order valence-electron chi connectivity index (χ4n) is 3.70. The average Bonchev–Trinajstić information content (AvgIpc) is 2.67. The van der Waals surface area contributed by atoms with E-state index in [4.69, 9.17) is 4.74 Å². The number of amides is 1. The fourth-order valence-corrected chi connectivity index (χ4v) is 3.97. The van der Waals surface area contributed by atoms with Crippen LogP contribution in [0.5, 0.6) is 5.75 Å². The van der Waals surface area contributed by atoms with Gasteiger partial charge in [0.05, 0.1) is 6.54 Å². The molecule has 1 aliphatic heterocycles. The summed E-state index contributed by atoms with van der Waals surface area (Å²) in [5.74, 6) is 1.14. The van der Waals surface area contributed by atoms with Crippen LogP contribution >= 0.6 is 15.9 Å². The highest BCUT2D eigenvalue weighted by molar-refractivity contribution is 9.10. The molecule has 0 unspecified atom stereocenters. The number of nitrogens with zero attached hydrogens (tertiary/aromatic N) is 1.